The molecule has 0 spiro atoms. The maximum Gasteiger partial charge on any atom is 0.387 e. The van der Waals surface area contributed by atoms with Gasteiger partial charge in [-0.3, -0.25) is 4.79 Å². The molecule has 1 fully saturated rings. The molecule has 0 bridgehead atoms. The molecule has 0 aromatic heterocycles. The second-order valence-electron chi connectivity index (χ2n) is 5.26. The van der Waals surface area contributed by atoms with Gasteiger partial charge in [-0.15, -0.1) is 0 Å². The maximum absolute atomic E-state index is 12.5. The molecule has 1 aliphatic rings. The molecule has 5 nitrogen and oxygen atoms in total. The molecule has 2 N–H and O–H groups in total. The Kier molecular flexibility index (Phi) is 6.32. The number of carbonyl (C=O) groups is 1. The lowest BCUT2D eigenvalue weighted by molar-refractivity contribution is -0.146. The molecule has 1 aromatic carbocycles. The summed E-state index contributed by atoms with van der Waals surface area (Å²) in [5.41, 5.74) is -0.408. The van der Waals surface area contributed by atoms with E-state index in [0.717, 1.165) is 0 Å². The normalized spacial score (nSPS) is 17.1. The van der Waals surface area contributed by atoms with Crippen LogP contribution in [-0.2, 0) is 16.1 Å². The molecule has 8 heteroatoms. The highest BCUT2D eigenvalue weighted by molar-refractivity contribution is 9.10. The lowest BCUT2D eigenvalue weighted by atomic mass is 9.91. The number of rotatable bonds is 6. The summed E-state index contributed by atoms with van der Waals surface area (Å²) in [5, 5.41) is 5.93. The van der Waals surface area contributed by atoms with Crippen molar-refractivity contribution in [2.45, 2.75) is 31.6 Å². The first kappa shape index (κ1) is 18.1. The quantitative estimate of drug-likeness (QED) is 0.780. The van der Waals surface area contributed by atoms with Crippen molar-refractivity contribution in [3.63, 3.8) is 0 Å². The largest absolute Gasteiger partial charge is 0.434 e. The molecule has 0 unspecified atom stereocenters. The fourth-order valence-electron chi connectivity index (χ4n) is 2.59. The van der Waals surface area contributed by atoms with Gasteiger partial charge in [-0.05, 0) is 44.1 Å². The number of hydrogen-bond acceptors (Lipinski definition) is 4. The Morgan fingerprint density at radius 1 is 1.43 bits per heavy atom. The summed E-state index contributed by atoms with van der Waals surface area (Å²) < 4.78 is 35.5. The molecule has 0 atom stereocenters. The van der Waals surface area contributed by atoms with Crippen LogP contribution < -0.4 is 15.4 Å². The topological polar surface area (TPSA) is 59.6 Å². The Labute approximate surface area is 141 Å². The maximum atomic E-state index is 12.5. The smallest absolute Gasteiger partial charge is 0.387 e. The molecule has 1 aromatic rings. The summed E-state index contributed by atoms with van der Waals surface area (Å²) in [6.45, 7) is -1.45. The van der Waals surface area contributed by atoms with Crippen molar-refractivity contribution < 1.29 is 23.0 Å². The van der Waals surface area contributed by atoms with Crippen LogP contribution in [0.4, 0.5) is 8.78 Å². The van der Waals surface area contributed by atoms with Gasteiger partial charge in [0.25, 0.3) is 5.91 Å². The Balaban J connectivity index is 2.07. The van der Waals surface area contributed by atoms with Crippen molar-refractivity contribution in [2.24, 2.45) is 0 Å². The molecular weight excluding hydrogens is 374 g/mol. The highest BCUT2D eigenvalue weighted by atomic mass is 79.9. The molecule has 0 saturated carbocycles. The van der Waals surface area contributed by atoms with Gasteiger partial charge >= 0.3 is 6.61 Å². The van der Waals surface area contributed by atoms with E-state index < -0.39 is 12.2 Å². The van der Waals surface area contributed by atoms with Gasteiger partial charge < -0.3 is 20.1 Å². The van der Waals surface area contributed by atoms with Gasteiger partial charge in [-0.25, -0.2) is 0 Å². The first-order chi connectivity index (χ1) is 11.0. The number of halogens is 3. The lowest BCUT2D eigenvalue weighted by Gasteiger charge is -2.34. The zero-order valence-corrected chi connectivity index (χ0v) is 14.3. The van der Waals surface area contributed by atoms with Gasteiger partial charge in [-0.1, -0.05) is 15.9 Å². The molecule has 0 aliphatic carbocycles. The van der Waals surface area contributed by atoms with Crippen LogP contribution in [0.3, 0.4) is 0 Å². The zero-order chi connectivity index (χ0) is 16.9. The molecule has 128 valence electrons. The second kappa shape index (κ2) is 8.03. The first-order valence-electron chi connectivity index (χ1n) is 7.24. The van der Waals surface area contributed by atoms with Gasteiger partial charge in [0.1, 0.15) is 11.4 Å². The zero-order valence-electron chi connectivity index (χ0n) is 12.7. The van der Waals surface area contributed by atoms with E-state index in [0.29, 0.717) is 36.0 Å². The number of nitrogens with one attached hydrogen (secondary N) is 2. The average molecular weight is 393 g/mol. The summed E-state index contributed by atoms with van der Waals surface area (Å²) in [6, 6.07) is 4.68. The fourth-order valence-corrected chi connectivity index (χ4v) is 3.00. The van der Waals surface area contributed by atoms with E-state index in [1.54, 1.807) is 12.1 Å². The Morgan fingerprint density at radius 3 is 2.74 bits per heavy atom. The first-order valence-corrected chi connectivity index (χ1v) is 8.03. The van der Waals surface area contributed by atoms with E-state index in [2.05, 4.69) is 31.3 Å². The summed E-state index contributed by atoms with van der Waals surface area (Å²) >= 11 is 3.28. The summed E-state index contributed by atoms with van der Waals surface area (Å²) in [5.74, 6) is -0.204. The predicted octanol–water partition coefficient (Wildman–Crippen LogP) is 2.44. The number of methoxy groups -OCH3 is 1. The third kappa shape index (κ3) is 4.62. The van der Waals surface area contributed by atoms with Gasteiger partial charge in [0.2, 0.25) is 0 Å². The Morgan fingerprint density at radius 2 is 2.13 bits per heavy atom. The summed E-state index contributed by atoms with van der Waals surface area (Å²) in [4.78, 5) is 12.5. The molecule has 1 heterocycles. The Hall–Kier alpha value is -1.25. The minimum atomic E-state index is -2.92. The molecule has 1 aliphatic heterocycles. The van der Waals surface area contributed by atoms with Crippen LogP contribution in [0.2, 0.25) is 0 Å². The van der Waals surface area contributed by atoms with Crippen LogP contribution in [0, 0.1) is 0 Å². The van der Waals surface area contributed by atoms with Crippen LogP contribution in [0.15, 0.2) is 22.7 Å². The van der Waals surface area contributed by atoms with Crippen LogP contribution in [0.5, 0.6) is 5.75 Å². The van der Waals surface area contributed by atoms with Crippen molar-refractivity contribution in [1.29, 1.82) is 0 Å². The summed E-state index contributed by atoms with van der Waals surface area (Å²) in [6.07, 6.45) is 1.13. The third-order valence-electron chi connectivity index (χ3n) is 3.89. The molecular formula is C15H19BrF2N2O3. The van der Waals surface area contributed by atoms with E-state index in [-0.39, 0.29) is 18.2 Å². The van der Waals surface area contributed by atoms with Gasteiger partial charge in [-0.2, -0.15) is 8.78 Å². The summed E-state index contributed by atoms with van der Waals surface area (Å²) in [7, 11) is 1.51. The minimum Gasteiger partial charge on any atom is -0.434 e. The predicted molar refractivity (Wildman–Crippen MR) is 84.5 cm³/mol. The molecule has 2 rings (SSSR count). The van der Waals surface area contributed by atoms with E-state index >= 15 is 0 Å². The monoisotopic (exact) mass is 392 g/mol. The highest BCUT2D eigenvalue weighted by Gasteiger charge is 2.39. The van der Waals surface area contributed by atoms with Crippen molar-refractivity contribution in [3.8, 4) is 5.75 Å². The lowest BCUT2D eigenvalue weighted by Crippen LogP contribution is -2.53. The highest BCUT2D eigenvalue weighted by Crippen LogP contribution is 2.26. The van der Waals surface area contributed by atoms with Crippen LogP contribution >= 0.6 is 15.9 Å². The van der Waals surface area contributed by atoms with Gasteiger partial charge in [0, 0.05) is 23.7 Å². The minimum absolute atomic E-state index is 0.0419. The number of ether oxygens (including phenoxy) is 2. The van der Waals surface area contributed by atoms with Gasteiger partial charge in [0.15, 0.2) is 0 Å². The number of alkyl halides is 2. The standard InChI is InChI=1S/C15H19BrF2N2O3/c1-22-15(4-6-19-7-5-15)13(21)20-9-10-8-11(16)2-3-12(10)23-14(17)18/h2-3,8,14,19H,4-7,9H2,1H3,(H,20,21). The average Bonchev–Trinajstić information content (AvgIpc) is 2.55. The number of piperidine rings is 1. The fraction of sp³-hybridized carbons (Fsp3) is 0.533. The van der Waals surface area contributed by atoms with Crippen LogP contribution in [-0.4, -0.2) is 38.3 Å². The third-order valence-corrected chi connectivity index (χ3v) is 4.39. The Bertz CT molecular complexity index is 552. The second-order valence-corrected chi connectivity index (χ2v) is 6.18. The SMILES string of the molecule is COC1(C(=O)NCc2cc(Br)ccc2OC(F)F)CCNCC1. The van der Waals surface area contributed by atoms with E-state index in [4.69, 9.17) is 4.74 Å². The van der Waals surface area contributed by atoms with Crippen molar-refractivity contribution in [1.82, 2.24) is 10.6 Å². The molecule has 1 saturated heterocycles. The van der Waals surface area contributed by atoms with Gasteiger partial charge in [0.05, 0.1) is 0 Å². The number of hydrogen-bond donors (Lipinski definition) is 2. The number of benzene rings is 1. The van der Waals surface area contributed by atoms with E-state index in [1.807, 2.05) is 0 Å². The molecule has 1 amide bonds. The number of carbonyl (C=O) groups excluding carboxylic acids is 1. The van der Waals surface area contributed by atoms with Crippen LogP contribution in [0.1, 0.15) is 18.4 Å². The van der Waals surface area contributed by atoms with Crippen LogP contribution in [0.25, 0.3) is 0 Å². The molecule has 23 heavy (non-hydrogen) atoms. The van der Waals surface area contributed by atoms with Crippen molar-refractivity contribution >= 4 is 21.8 Å². The van der Waals surface area contributed by atoms with E-state index in [9.17, 15) is 13.6 Å². The van der Waals surface area contributed by atoms with Crippen molar-refractivity contribution in [2.75, 3.05) is 20.2 Å². The van der Waals surface area contributed by atoms with E-state index in [1.165, 1.54) is 13.2 Å². The van der Waals surface area contributed by atoms with Crippen molar-refractivity contribution in [3.05, 3.63) is 28.2 Å². The molecule has 0 radical (unpaired) electrons. The number of amides is 1.